The molecule has 2 amide bonds. The average Bonchev–Trinajstić information content (AvgIpc) is 2.92. The summed E-state index contributed by atoms with van der Waals surface area (Å²) < 4.78 is 52.5. The minimum Gasteiger partial charge on any atom is -0.349 e. The SMILES string of the molecule is CC1(NC(=O)c2ccc(C(F)(F)F)cc2)CCN(CC[C@H](NC(=O)C2CCCCC2)c2cccc(F)c2)CC1. The third-order valence-electron chi connectivity index (χ3n) is 8.13. The van der Waals surface area contributed by atoms with E-state index in [1.54, 1.807) is 6.07 Å². The molecular weight excluding hydrogens is 510 g/mol. The van der Waals surface area contributed by atoms with Crippen molar-refractivity contribution >= 4 is 11.8 Å². The lowest BCUT2D eigenvalue weighted by atomic mass is 9.88. The normalized spacial score (nSPS) is 19.3. The predicted octanol–water partition coefficient (Wildman–Crippen LogP) is 6.26. The highest BCUT2D eigenvalue weighted by Gasteiger charge is 2.33. The first-order valence-electron chi connectivity index (χ1n) is 13.8. The Morgan fingerprint density at radius 3 is 2.31 bits per heavy atom. The van der Waals surface area contributed by atoms with Gasteiger partial charge in [0.05, 0.1) is 11.6 Å². The number of hydrogen-bond acceptors (Lipinski definition) is 3. The summed E-state index contributed by atoms with van der Waals surface area (Å²) in [7, 11) is 0. The molecular formula is C30H37F4N3O2. The van der Waals surface area contributed by atoms with Gasteiger partial charge in [0, 0.05) is 36.7 Å². The first-order valence-corrected chi connectivity index (χ1v) is 13.8. The van der Waals surface area contributed by atoms with Gasteiger partial charge in [-0.2, -0.15) is 13.2 Å². The number of hydrogen-bond donors (Lipinski definition) is 2. The van der Waals surface area contributed by atoms with Crippen LogP contribution in [0.25, 0.3) is 0 Å². The highest BCUT2D eigenvalue weighted by molar-refractivity contribution is 5.94. The van der Waals surface area contributed by atoms with Crippen molar-refractivity contribution in [3.63, 3.8) is 0 Å². The Hall–Kier alpha value is -2.94. The predicted molar refractivity (Wildman–Crippen MR) is 141 cm³/mol. The quantitative estimate of drug-likeness (QED) is 0.384. The minimum absolute atomic E-state index is 0.0128. The third kappa shape index (κ3) is 8.03. The largest absolute Gasteiger partial charge is 0.416 e. The van der Waals surface area contributed by atoms with Gasteiger partial charge in [0.2, 0.25) is 5.91 Å². The summed E-state index contributed by atoms with van der Waals surface area (Å²) in [5.74, 6) is -0.668. The highest BCUT2D eigenvalue weighted by Crippen LogP contribution is 2.30. The molecule has 0 bridgehead atoms. The zero-order valence-electron chi connectivity index (χ0n) is 22.3. The zero-order valence-corrected chi connectivity index (χ0v) is 22.3. The van der Waals surface area contributed by atoms with Gasteiger partial charge < -0.3 is 15.5 Å². The van der Waals surface area contributed by atoms with Crippen molar-refractivity contribution in [1.82, 2.24) is 15.5 Å². The van der Waals surface area contributed by atoms with E-state index in [1.807, 2.05) is 13.0 Å². The van der Waals surface area contributed by atoms with E-state index in [0.29, 0.717) is 25.8 Å². The van der Waals surface area contributed by atoms with Crippen LogP contribution in [0.5, 0.6) is 0 Å². The molecule has 5 nitrogen and oxygen atoms in total. The van der Waals surface area contributed by atoms with Crippen LogP contribution < -0.4 is 10.6 Å². The molecule has 0 radical (unpaired) electrons. The second kappa shape index (κ2) is 12.5. The van der Waals surface area contributed by atoms with Crippen molar-refractivity contribution in [2.45, 2.75) is 76.0 Å². The summed E-state index contributed by atoms with van der Waals surface area (Å²) in [5, 5.41) is 6.19. The van der Waals surface area contributed by atoms with E-state index in [0.717, 1.165) is 62.9 Å². The number of likely N-dealkylation sites (tertiary alicyclic amines) is 1. The van der Waals surface area contributed by atoms with Crippen molar-refractivity contribution in [2.24, 2.45) is 5.92 Å². The van der Waals surface area contributed by atoms with Crippen LogP contribution in [0.3, 0.4) is 0 Å². The Morgan fingerprint density at radius 1 is 1.03 bits per heavy atom. The Balaban J connectivity index is 1.31. The van der Waals surface area contributed by atoms with Crippen molar-refractivity contribution in [3.8, 4) is 0 Å². The summed E-state index contributed by atoms with van der Waals surface area (Å²) >= 11 is 0. The molecule has 212 valence electrons. The Morgan fingerprint density at radius 2 is 1.69 bits per heavy atom. The molecule has 39 heavy (non-hydrogen) atoms. The van der Waals surface area contributed by atoms with Crippen LogP contribution in [-0.4, -0.2) is 41.9 Å². The molecule has 1 atom stereocenters. The van der Waals surface area contributed by atoms with Gasteiger partial charge in [-0.1, -0.05) is 31.4 Å². The molecule has 1 aliphatic carbocycles. The second-order valence-electron chi connectivity index (χ2n) is 11.2. The van der Waals surface area contributed by atoms with E-state index in [9.17, 15) is 27.2 Å². The standard InChI is InChI=1S/C30H37F4N3O2/c1-29(36-28(39)22-10-12-24(13-11-22)30(32,33)34)15-18-37(19-16-29)17-14-26(23-8-5-9-25(31)20-23)35-27(38)21-6-3-2-4-7-21/h5,8-13,20-21,26H,2-4,6-7,14-19H2,1H3,(H,35,38)(H,36,39)/t26-/m0/s1. The number of nitrogens with zero attached hydrogens (tertiary/aromatic N) is 1. The van der Waals surface area contributed by atoms with Gasteiger partial charge in [-0.25, -0.2) is 4.39 Å². The maximum atomic E-state index is 14.0. The van der Waals surface area contributed by atoms with E-state index >= 15 is 0 Å². The first kappa shape index (κ1) is 29.1. The fourth-order valence-electron chi connectivity index (χ4n) is 5.56. The first-order chi connectivity index (χ1) is 18.5. The average molecular weight is 548 g/mol. The maximum absolute atomic E-state index is 14.0. The van der Waals surface area contributed by atoms with Crippen LogP contribution in [0.15, 0.2) is 48.5 Å². The van der Waals surface area contributed by atoms with Crippen LogP contribution in [-0.2, 0) is 11.0 Å². The van der Waals surface area contributed by atoms with Gasteiger partial charge in [0.15, 0.2) is 0 Å². The van der Waals surface area contributed by atoms with Gasteiger partial charge in [0.25, 0.3) is 5.91 Å². The minimum atomic E-state index is -4.44. The van der Waals surface area contributed by atoms with E-state index < -0.39 is 23.2 Å². The molecule has 2 aromatic carbocycles. The van der Waals surface area contributed by atoms with E-state index in [4.69, 9.17) is 0 Å². The summed E-state index contributed by atoms with van der Waals surface area (Å²) in [6.45, 7) is 4.09. The topological polar surface area (TPSA) is 61.4 Å². The molecule has 4 rings (SSSR count). The number of nitrogens with one attached hydrogen (secondary N) is 2. The van der Waals surface area contributed by atoms with Crippen LogP contribution in [0.1, 0.15) is 85.8 Å². The fourth-order valence-corrected chi connectivity index (χ4v) is 5.56. The van der Waals surface area contributed by atoms with E-state index in [1.165, 1.54) is 24.3 Å². The van der Waals surface area contributed by atoms with Crippen molar-refractivity contribution < 1.29 is 27.2 Å². The van der Waals surface area contributed by atoms with Crippen LogP contribution in [0, 0.1) is 11.7 Å². The second-order valence-corrected chi connectivity index (χ2v) is 11.2. The number of alkyl halides is 3. The number of piperidine rings is 1. The summed E-state index contributed by atoms with van der Waals surface area (Å²) in [4.78, 5) is 28.0. The molecule has 0 aromatic heterocycles. The Kier molecular flexibility index (Phi) is 9.31. The van der Waals surface area contributed by atoms with Gasteiger partial charge in [0.1, 0.15) is 5.82 Å². The molecule has 1 aliphatic heterocycles. The molecule has 2 aromatic rings. The van der Waals surface area contributed by atoms with Crippen LogP contribution in [0.2, 0.25) is 0 Å². The van der Waals surface area contributed by atoms with E-state index in [-0.39, 0.29) is 29.2 Å². The molecule has 0 spiro atoms. The third-order valence-corrected chi connectivity index (χ3v) is 8.13. The van der Waals surface area contributed by atoms with Gasteiger partial charge in [-0.3, -0.25) is 9.59 Å². The monoisotopic (exact) mass is 547 g/mol. The fraction of sp³-hybridized carbons (Fsp3) is 0.533. The number of benzene rings is 2. The number of carbonyl (C=O) groups excluding carboxylic acids is 2. The summed E-state index contributed by atoms with van der Waals surface area (Å²) in [5.41, 5.74) is -0.318. The van der Waals surface area contributed by atoms with E-state index in [2.05, 4.69) is 15.5 Å². The van der Waals surface area contributed by atoms with Crippen molar-refractivity contribution in [3.05, 3.63) is 71.0 Å². The van der Waals surface area contributed by atoms with Crippen molar-refractivity contribution in [2.75, 3.05) is 19.6 Å². The Bertz CT molecular complexity index is 1120. The van der Waals surface area contributed by atoms with Gasteiger partial charge in [-0.05, 0) is 81.0 Å². The highest BCUT2D eigenvalue weighted by atomic mass is 19.4. The molecule has 1 saturated carbocycles. The molecule has 2 aliphatic rings. The summed E-state index contributed by atoms with van der Waals surface area (Å²) in [6, 6.07) is 10.3. The maximum Gasteiger partial charge on any atom is 0.416 e. The lowest BCUT2D eigenvalue weighted by Gasteiger charge is -2.40. The Labute approximate surface area is 227 Å². The smallest absolute Gasteiger partial charge is 0.349 e. The lowest BCUT2D eigenvalue weighted by Crippen LogP contribution is -2.53. The number of amides is 2. The molecule has 2 N–H and O–H groups in total. The number of rotatable bonds is 8. The molecule has 2 fully saturated rings. The van der Waals surface area contributed by atoms with Gasteiger partial charge >= 0.3 is 6.18 Å². The molecule has 9 heteroatoms. The van der Waals surface area contributed by atoms with Gasteiger partial charge in [-0.15, -0.1) is 0 Å². The molecule has 1 heterocycles. The summed E-state index contributed by atoms with van der Waals surface area (Å²) in [6.07, 6.45) is 2.62. The lowest BCUT2D eigenvalue weighted by molar-refractivity contribution is -0.137. The van der Waals surface area contributed by atoms with Crippen LogP contribution in [0.4, 0.5) is 17.6 Å². The molecule has 1 saturated heterocycles. The number of halogens is 4. The van der Waals surface area contributed by atoms with Crippen LogP contribution >= 0.6 is 0 Å². The number of carbonyl (C=O) groups is 2. The molecule has 0 unspecified atom stereocenters. The zero-order chi connectivity index (χ0) is 28.0. The van der Waals surface area contributed by atoms with Crippen molar-refractivity contribution in [1.29, 1.82) is 0 Å².